The van der Waals surface area contributed by atoms with Gasteiger partial charge in [0.1, 0.15) is 0 Å². The number of benzene rings is 2. The van der Waals surface area contributed by atoms with Gasteiger partial charge in [-0.15, -0.1) is 16.4 Å². The third kappa shape index (κ3) is 4.74. The molecule has 9 rings (SSSR count). The molecule has 45 heavy (non-hydrogen) atoms. The largest absolute Gasteiger partial charge is 0.454 e. The first kappa shape index (κ1) is 26.9. The summed E-state index contributed by atoms with van der Waals surface area (Å²) in [5.74, 6) is 5.12. The van der Waals surface area contributed by atoms with Gasteiger partial charge in [-0.25, -0.2) is 9.97 Å². The van der Waals surface area contributed by atoms with Gasteiger partial charge in [0.05, 0.1) is 10.2 Å². The number of anilines is 4. The summed E-state index contributed by atoms with van der Waals surface area (Å²) in [5, 5.41) is 10.1. The maximum atomic E-state index is 6.43. The highest BCUT2D eigenvalue weighted by Gasteiger charge is 2.42. The van der Waals surface area contributed by atoms with Gasteiger partial charge in [0, 0.05) is 49.2 Å². The molecule has 4 aliphatic rings. The number of hydrogen-bond donors (Lipinski definition) is 2. The van der Waals surface area contributed by atoms with E-state index in [1.807, 2.05) is 25.1 Å². The van der Waals surface area contributed by atoms with Crippen LogP contribution in [0.2, 0.25) is 0 Å². The van der Waals surface area contributed by atoms with E-state index < -0.39 is 0 Å². The number of nitrogen functional groups attached to an aromatic ring is 1. The molecule has 3 atom stereocenters. The molecular formula is C33H35N9O2S. The van der Waals surface area contributed by atoms with E-state index in [1.54, 1.807) is 16.0 Å². The average molecular weight is 622 g/mol. The highest BCUT2D eigenvalue weighted by molar-refractivity contribution is 7.17. The standard InChI is InChI=1S/C33H35N9O2S/c1-19-17-45-29-28(19)36-30(22-4-9-26-27(16-22)44-18-43-26)37-31(29)42-32(34)38-33(39-42)35-23-5-7-24(8-6-23)40-10-12-41(13-11-40)25-15-20-2-3-21(25)14-20/h4-9,16-17,20-21,25H,2-3,10-15,18H2,1H3,(H3,34,35,38,39)/t20?,21?,25-/m0/s1. The number of nitrogens with two attached hydrogens (primary N) is 1. The topological polar surface area (TPSA) is 119 Å². The van der Waals surface area contributed by atoms with Crippen LogP contribution in [0.15, 0.2) is 47.8 Å². The van der Waals surface area contributed by atoms with E-state index in [4.69, 9.17) is 30.3 Å². The highest BCUT2D eigenvalue weighted by atomic mass is 32.1. The fraction of sp³-hybridized carbons (Fsp3) is 0.394. The van der Waals surface area contributed by atoms with Crippen molar-refractivity contribution in [1.29, 1.82) is 0 Å². The minimum Gasteiger partial charge on any atom is -0.454 e. The Labute approximate surface area is 265 Å². The molecule has 5 heterocycles. The van der Waals surface area contributed by atoms with Crippen molar-refractivity contribution in [2.75, 3.05) is 48.9 Å². The molecule has 2 unspecified atom stereocenters. The van der Waals surface area contributed by atoms with E-state index in [1.165, 1.54) is 31.4 Å². The van der Waals surface area contributed by atoms with Crippen LogP contribution in [0, 0.1) is 18.8 Å². The van der Waals surface area contributed by atoms with Crippen LogP contribution in [0.1, 0.15) is 31.2 Å². The maximum Gasteiger partial charge on any atom is 0.248 e. The Morgan fingerprint density at radius 2 is 1.78 bits per heavy atom. The second-order valence-corrected chi connectivity index (χ2v) is 13.6. The van der Waals surface area contributed by atoms with Crippen molar-refractivity contribution in [2.24, 2.45) is 11.8 Å². The first-order valence-corrected chi connectivity index (χ1v) is 16.7. The fourth-order valence-electron chi connectivity index (χ4n) is 7.71. The minimum atomic E-state index is 0.208. The average Bonchev–Trinajstić information content (AvgIpc) is 3.91. The molecule has 5 aromatic rings. The number of aromatic nitrogens is 5. The zero-order valence-corrected chi connectivity index (χ0v) is 26.0. The number of ether oxygens (including phenoxy) is 2. The predicted molar refractivity (Wildman–Crippen MR) is 176 cm³/mol. The number of nitrogens with zero attached hydrogens (tertiary/aromatic N) is 7. The molecule has 1 saturated heterocycles. The van der Waals surface area contributed by atoms with Crippen LogP contribution in [0.25, 0.3) is 27.4 Å². The van der Waals surface area contributed by atoms with Gasteiger partial charge < -0.3 is 25.4 Å². The number of piperazine rings is 1. The van der Waals surface area contributed by atoms with E-state index in [9.17, 15) is 0 Å². The van der Waals surface area contributed by atoms with E-state index in [0.717, 1.165) is 71.1 Å². The Morgan fingerprint density at radius 1 is 0.933 bits per heavy atom. The van der Waals surface area contributed by atoms with E-state index >= 15 is 0 Å². The number of nitrogens with one attached hydrogen (secondary N) is 1. The zero-order valence-electron chi connectivity index (χ0n) is 25.1. The highest BCUT2D eigenvalue weighted by Crippen LogP contribution is 2.47. The quantitative estimate of drug-likeness (QED) is 0.248. The lowest BCUT2D eigenvalue weighted by Crippen LogP contribution is -2.51. The van der Waals surface area contributed by atoms with Gasteiger partial charge in [-0.2, -0.15) is 9.67 Å². The summed E-state index contributed by atoms with van der Waals surface area (Å²) in [4.78, 5) is 19.6. The fourth-order valence-corrected chi connectivity index (χ4v) is 8.68. The van der Waals surface area contributed by atoms with Crippen LogP contribution in [0.3, 0.4) is 0 Å². The molecule has 3 fully saturated rings. The van der Waals surface area contributed by atoms with E-state index in [-0.39, 0.29) is 12.7 Å². The molecule has 3 N–H and O–H groups in total. The summed E-state index contributed by atoms with van der Waals surface area (Å²) in [6.07, 6.45) is 5.81. The molecule has 3 aromatic heterocycles. The smallest absolute Gasteiger partial charge is 0.248 e. The Hall–Kier alpha value is -4.42. The number of thiophene rings is 1. The van der Waals surface area contributed by atoms with Gasteiger partial charge in [0.2, 0.25) is 18.7 Å². The summed E-state index contributed by atoms with van der Waals surface area (Å²) >= 11 is 1.56. The predicted octanol–water partition coefficient (Wildman–Crippen LogP) is 5.61. The molecule has 2 saturated carbocycles. The molecule has 11 nitrogen and oxygen atoms in total. The Morgan fingerprint density at radius 3 is 2.58 bits per heavy atom. The summed E-state index contributed by atoms with van der Waals surface area (Å²) in [6.45, 7) is 6.72. The second kappa shape index (κ2) is 10.6. The summed E-state index contributed by atoms with van der Waals surface area (Å²) in [7, 11) is 0. The monoisotopic (exact) mass is 621 g/mol. The van der Waals surface area contributed by atoms with Gasteiger partial charge in [0.15, 0.2) is 23.1 Å². The lowest BCUT2D eigenvalue weighted by Gasteiger charge is -2.41. The third-order valence-corrected chi connectivity index (χ3v) is 11.1. The van der Waals surface area contributed by atoms with Crippen LogP contribution in [0.5, 0.6) is 11.5 Å². The number of fused-ring (bicyclic) bond motifs is 4. The molecule has 2 bridgehead atoms. The lowest BCUT2D eigenvalue weighted by molar-refractivity contribution is 0.135. The number of rotatable bonds is 6. The zero-order chi connectivity index (χ0) is 30.1. The Balaban J connectivity index is 0.930. The second-order valence-electron chi connectivity index (χ2n) is 12.7. The summed E-state index contributed by atoms with van der Waals surface area (Å²) < 4.78 is 13.5. The van der Waals surface area contributed by atoms with Crippen LogP contribution in [-0.4, -0.2) is 68.6 Å². The Bertz CT molecular complexity index is 1900. The van der Waals surface area contributed by atoms with Crippen LogP contribution < -0.4 is 25.4 Å². The summed E-state index contributed by atoms with van der Waals surface area (Å²) in [5.41, 5.74) is 11.3. The molecule has 2 aliphatic carbocycles. The number of hydrogen-bond acceptors (Lipinski definition) is 11. The van der Waals surface area contributed by atoms with Gasteiger partial charge in [-0.3, -0.25) is 4.90 Å². The SMILES string of the molecule is Cc1csc2c(-n3nc(Nc4ccc(N5CCN([C@H]6CC7CCC6C7)CC5)cc4)nc3N)nc(-c3ccc4c(c3)OCO4)nc12. The normalized spacial score (nSPS) is 22.5. The molecule has 12 heteroatoms. The molecule has 0 radical (unpaired) electrons. The lowest BCUT2D eigenvalue weighted by atomic mass is 9.93. The van der Waals surface area contributed by atoms with Crippen molar-refractivity contribution in [3.05, 3.63) is 53.4 Å². The molecule has 0 amide bonds. The van der Waals surface area contributed by atoms with Crippen LogP contribution in [-0.2, 0) is 0 Å². The van der Waals surface area contributed by atoms with Crippen molar-refractivity contribution in [3.8, 4) is 28.7 Å². The van der Waals surface area contributed by atoms with Crippen molar-refractivity contribution in [3.63, 3.8) is 0 Å². The molecule has 2 aliphatic heterocycles. The minimum absolute atomic E-state index is 0.208. The van der Waals surface area contributed by atoms with E-state index in [2.05, 4.69) is 49.7 Å². The van der Waals surface area contributed by atoms with E-state index in [0.29, 0.717) is 29.1 Å². The Kier molecular flexibility index (Phi) is 6.34. The molecule has 0 spiro atoms. The van der Waals surface area contributed by atoms with Gasteiger partial charge in [-0.1, -0.05) is 6.42 Å². The van der Waals surface area contributed by atoms with Crippen molar-refractivity contribution >= 4 is 44.8 Å². The van der Waals surface area contributed by atoms with Gasteiger partial charge in [-0.05, 0) is 91.4 Å². The molecular weight excluding hydrogens is 586 g/mol. The van der Waals surface area contributed by atoms with Gasteiger partial charge in [0.25, 0.3) is 0 Å². The number of aryl methyl sites for hydroxylation is 1. The maximum absolute atomic E-state index is 6.43. The molecule has 230 valence electrons. The third-order valence-electron chi connectivity index (χ3n) is 10.0. The first-order valence-electron chi connectivity index (χ1n) is 15.8. The van der Waals surface area contributed by atoms with Crippen LogP contribution >= 0.6 is 11.3 Å². The van der Waals surface area contributed by atoms with Crippen molar-refractivity contribution in [2.45, 2.75) is 38.6 Å². The van der Waals surface area contributed by atoms with Crippen LogP contribution in [0.4, 0.5) is 23.3 Å². The summed E-state index contributed by atoms with van der Waals surface area (Å²) in [6, 6.07) is 15.0. The van der Waals surface area contributed by atoms with Crippen molar-refractivity contribution in [1.82, 2.24) is 29.6 Å². The molecule has 2 aromatic carbocycles. The van der Waals surface area contributed by atoms with Crippen molar-refractivity contribution < 1.29 is 9.47 Å². The first-order chi connectivity index (χ1) is 22.1. The van der Waals surface area contributed by atoms with Gasteiger partial charge >= 0.3 is 0 Å².